The van der Waals surface area contributed by atoms with E-state index in [-0.39, 0.29) is 17.9 Å². The molecule has 2 nitrogen and oxygen atoms in total. The van der Waals surface area contributed by atoms with Crippen molar-refractivity contribution >= 4 is 12.4 Å². The van der Waals surface area contributed by atoms with Crippen molar-refractivity contribution in [3.8, 4) is 0 Å². The first-order valence-electron chi connectivity index (χ1n) is 6.29. The van der Waals surface area contributed by atoms with Gasteiger partial charge in [0, 0.05) is 12.1 Å². The normalized spacial score (nSPS) is 10.8. The summed E-state index contributed by atoms with van der Waals surface area (Å²) in [5, 5.41) is 0. The molecular weight excluding hydrogens is 256 g/mol. The van der Waals surface area contributed by atoms with Gasteiger partial charge in [0.15, 0.2) is 0 Å². The van der Waals surface area contributed by atoms with Gasteiger partial charge in [-0.05, 0) is 24.0 Å². The van der Waals surface area contributed by atoms with Crippen LogP contribution in [0.1, 0.15) is 11.1 Å². The van der Waals surface area contributed by atoms with Crippen molar-refractivity contribution in [2.75, 3.05) is 6.54 Å². The Morgan fingerprint density at radius 1 is 0.737 bits per heavy atom. The number of hydrogen-bond donors (Lipinski definition) is 2. The molecule has 3 heteroatoms. The van der Waals surface area contributed by atoms with Crippen LogP contribution in [0, 0.1) is 0 Å². The Balaban J connectivity index is 0.00000180. The van der Waals surface area contributed by atoms with Gasteiger partial charge in [-0.3, -0.25) is 0 Å². The second kappa shape index (κ2) is 7.29. The largest absolute Gasteiger partial charge is 0.329 e. The standard InChI is InChI=1S/C16H20N2.ClH/c17-13-16(18,11-14-7-3-1-4-8-14)12-15-9-5-2-6-10-15;/h1-10H,11-13,17-18H2;1H. The van der Waals surface area contributed by atoms with Gasteiger partial charge < -0.3 is 11.5 Å². The fraction of sp³-hybridized carbons (Fsp3) is 0.250. The number of halogens is 1. The third-order valence-corrected chi connectivity index (χ3v) is 3.20. The lowest BCUT2D eigenvalue weighted by atomic mass is 9.86. The van der Waals surface area contributed by atoms with Gasteiger partial charge >= 0.3 is 0 Å². The molecule has 0 radical (unpaired) electrons. The summed E-state index contributed by atoms with van der Waals surface area (Å²) in [6, 6.07) is 20.6. The number of hydrogen-bond acceptors (Lipinski definition) is 2. The monoisotopic (exact) mass is 276 g/mol. The molecule has 0 aromatic heterocycles. The van der Waals surface area contributed by atoms with Gasteiger partial charge in [-0.1, -0.05) is 60.7 Å². The van der Waals surface area contributed by atoms with E-state index in [4.69, 9.17) is 11.5 Å². The van der Waals surface area contributed by atoms with E-state index in [0.717, 1.165) is 12.8 Å². The Morgan fingerprint density at radius 2 is 1.11 bits per heavy atom. The molecule has 0 amide bonds. The molecule has 2 aromatic carbocycles. The number of benzene rings is 2. The van der Waals surface area contributed by atoms with Gasteiger partial charge in [-0.25, -0.2) is 0 Å². The van der Waals surface area contributed by atoms with Crippen molar-refractivity contribution < 1.29 is 0 Å². The summed E-state index contributed by atoms with van der Waals surface area (Å²) in [5.41, 5.74) is 14.4. The van der Waals surface area contributed by atoms with Crippen molar-refractivity contribution in [1.29, 1.82) is 0 Å². The third kappa shape index (κ3) is 4.67. The molecule has 0 spiro atoms. The Labute approximate surface area is 121 Å². The van der Waals surface area contributed by atoms with Crippen LogP contribution in [0.5, 0.6) is 0 Å². The topological polar surface area (TPSA) is 52.0 Å². The van der Waals surface area contributed by atoms with Gasteiger partial charge in [0.1, 0.15) is 0 Å². The molecule has 0 saturated carbocycles. The zero-order valence-corrected chi connectivity index (χ0v) is 11.8. The number of rotatable bonds is 5. The summed E-state index contributed by atoms with van der Waals surface area (Å²) >= 11 is 0. The Bertz CT molecular complexity index is 429. The SMILES string of the molecule is Cl.NCC(N)(Cc1ccccc1)Cc1ccccc1. The van der Waals surface area contributed by atoms with E-state index < -0.39 is 0 Å². The molecule has 0 fully saturated rings. The molecular formula is C16H21ClN2. The van der Waals surface area contributed by atoms with E-state index in [1.165, 1.54) is 11.1 Å². The maximum Gasteiger partial charge on any atom is 0.0360 e. The lowest BCUT2D eigenvalue weighted by Crippen LogP contribution is -2.50. The van der Waals surface area contributed by atoms with Crippen LogP contribution in [-0.4, -0.2) is 12.1 Å². The highest BCUT2D eigenvalue weighted by molar-refractivity contribution is 5.85. The maximum absolute atomic E-state index is 6.44. The molecule has 0 aliphatic heterocycles. The molecule has 4 N–H and O–H groups in total. The van der Waals surface area contributed by atoms with Crippen molar-refractivity contribution in [1.82, 2.24) is 0 Å². The fourth-order valence-electron chi connectivity index (χ4n) is 2.21. The molecule has 0 atom stereocenters. The van der Waals surface area contributed by atoms with Gasteiger partial charge in [0.05, 0.1) is 0 Å². The predicted molar refractivity (Wildman–Crippen MR) is 83.5 cm³/mol. The highest BCUT2D eigenvalue weighted by atomic mass is 35.5. The second-order valence-electron chi connectivity index (χ2n) is 4.89. The molecule has 0 heterocycles. The van der Waals surface area contributed by atoms with Gasteiger partial charge in [0.2, 0.25) is 0 Å². The summed E-state index contributed by atoms with van der Waals surface area (Å²) in [5.74, 6) is 0. The quantitative estimate of drug-likeness (QED) is 0.882. The van der Waals surface area contributed by atoms with E-state index >= 15 is 0 Å². The predicted octanol–water partition coefficient (Wildman–Crippen LogP) is 2.55. The van der Waals surface area contributed by atoms with E-state index in [9.17, 15) is 0 Å². The van der Waals surface area contributed by atoms with Crippen LogP contribution >= 0.6 is 12.4 Å². The first kappa shape index (κ1) is 15.7. The van der Waals surface area contributed by atoms with Crippen molar-refractivity contribution in [2.24, 2.45) is 11.5 Å². The van der Waals surface area contributed by atoms with Crippen LogP contribution < -0.4 is 11.5 Å². The van der Waals surface area contributed by atoms with E-state index in [2.05, 4.69) is 24.3 Å². The van der Waals surface area contributed by atoms with Crippen molar-refractivity contribution in [2.45, 2.75) is 18.4 Å². The Hall–Kier alpha value is -1.35. The van der Waals surface area contributed by atoms with Crippen LogP contribution in [0.2, 0.25) is 0 Å². The zero-order chi connectivity index (χ0) is 12.8. The highest BCUT2D eigenvalue weighted by Crippen LogP contribution is 2.16. The van der Waals surface area contributed by atoms with E-state index in [1.807, 2.05) is 36.4 Å². The molecule has 0 aliphatic rings. The Morgan fingerprint density at radius 3 is 1.42 bits per heavy atom. The minimum Gasteiger partial charge on any atom is -0.329 e. The van der Waals surface area contributed by atoms with Gasteiger partial charge in [0.25, 0.3) is 0 Å². The van der Waals surface area contributed by atoms with E-state index in [0.29, 0.717) is 6.54 Å². The van der Waals surface area contributed by atoms with E-state index in [1.54, 1.807) is 0 Å². The molecule has 0 bridgehead atoms. The summed E-state index contributed by atoms with van der Waals surface area (Å²) in [6.07, 6.45) is 1.61. The minimum absolute atomic E-state index is 0. The summed E-state index contributed by atoms with van der Waals surface area (Å²) in [4.78, 5) is 0. The zero-order valence-electron chi connectivity index (χ0n) is 11.0. The fourth-order valence-corrected chi connectivity index (χ4v) is 2.21. The lowest BCUT2D eigenvalue weighted by molar-refractivity contribution is 0.429. The molecule has 102 valence electrons. The van der Waals surface area contributed by atoms with Crippen LogP contribution in [-0.2, 0) is 12.8 Å². The maximum atomic E-state index is 6.44. The smallest absolute Gasteiger partial charge is 0.0360 e. The highest BCUT2D eigenvalue weighted by Gasteiger charge is 2.23. The molecule has 2 aromatic rings. The average Bonchev–Trinajstić information content (AvgIpc) is 2.41. The summed E-state index contributed by atoms with van der Waals surface area (Å²) in [6.45, 7) is 0.483. The molecule has 0 aliphatic carbocycles. The van der Waals surface area contributed by atoms with Gasteiger partial charge in [-0.2, -0.15) is 0 Å². The molecule has 19 heavy (non-hydrogen) atoms. The van der Waals surface area contributed by atoms with Crippen molar-refractivity contribution in [3.05, 3.63) is 71.8 Å². The lowest BCUT2D eigenvalue weighted by Gasteiger charge is -2.28. The first-order chi connectivity index (χ1) is 8.72. The van der Waals surface area contributed by atoms with Crippen molar-refractivity contribution in [3.63, 3.8) is 0 Å². The Kier molecular flexibility index (Phi) is 6.03. The van der Waals surface area contributed by atoms with Gasteiger partial charge in [-0.15, -0.1) is 12.4 Å². The van der Waals surface area contributed by atoms with Crippen LogP contribution in [0.3, 0.4) is 0 Å². The average molecular weight is 277 g/mol. The van der Waals surface area contributed by atoms with Crippen LogP contribution in [0.25, 0.3) is 0 Å². The molecule has 2 rings (SSSR count). The summed E-state index contributed by atoms with van der Waals surface area (Å²) in [7, 11) is 0. The minimum atomic E-state index is -0.372. The van der Waals surface area contributed by atoms with Crippen LogP contribution in [0.15, 0.2) is 60.7 Å². The summed E-state index contributed by atoms with van der Waals surface area (Å²) < 4.78 is 0. The third-order valence-electron chi connectivity index (χ3n) is 3.20. The molecule has 0 unspecified atom stereocenters. The second-order valence-corrected chi connectivity index (χ2v) is 4.89. The van der Waals surface area contributed by atoms with Crippen LogP contribution in [0.4, 0.5) is 0 Å². The number of nitrogens with two attached hydrogens (primary N) is 2. The first-order valence-corrected chi connectivity index (χ1v) is 6.29. The molecule has 0 saturated heterocycles.